The van der Waals surface area contributed by atoms with Gasteiger partial charge in [0, 0.05) is 5.02 Å². The van der Waals surface area contributed by atoms with Crippen molar-refractivity contribution in [2.45, 2.75) is 13.3 Å². The third kappa shape index (κ3) is 3.81. The van der Waals surface area contributed by atoms with Gasteiger partial charge in [-0.25, -0.2) is 0 Å². The zero-order valence-electron chi connectivity index (χ0n) is 8.77. The third-order valence-corrected chi connectivity index (χ3v) is 2.56. The first-order chi connectivity index (χ1) is 7.95. The number of hydrogen-bond acceptors (Lipinski definition) is 2. The summed E-state index contributed by atoms with van der Waals surface area (Å²) in [5.74, 6) is -1.13. The highest BCUT2D eigenvalue weighted by Gasteiger charge is 2.19. The predicted molar refractivity (Wildman–Crippen MR) is 65.0 cm³/mol. The molecule has 17 heavy (non-hydrogen) atoms. The van der Waals surface area contributed by atoms with E-state index in [4.69, 9.17) is 16.3 Å². The van der Waals surface area contributed by atoms with Crippen molar-refractivity contribution in [2.75, 3.05) is 11.9 Å². The molecule has 0 saturated heterocycles. The molecule has 0 unspecified atom stereocenters. The lowest BCUT2D eigenvalue weighted by Crippen LogP contribution is -2.20. The van der Waals surface area contributed by atoms with Crippen LogP contribution in [0.5, 0.6) is 5.75 Å². The fourth-order valence-electron chi connectivity index (χ4n) is 1.13. The van der Waals surface area contributed by atoms with Crippen LogP contribution >= 0.6 is 27.5 Å². The number of hydrogen-bond donors (Lipinski definition) is 1. The number of alkyl halides is 2. The molecule has 1 aromatic carbocycles. The van der Waals surface area contributed by atoms with Gasteiger partial charge in [0.1, 0.15) is 0 Å². The van der Waals surface area contributed by atoms with Crippen molar-refractivity contribution in [3.8, 4) is 5.75 Å². The number of ether oxygens (including phenoxy) is 1. The Morgan fingerprint density at radius 3 is 2.76 bits per heavy atom. The number of benzene rings is 1. The van der Waals surface area contributed by atoms with Gasteiger partial charge in [-0.3, -0.25) is 4.79 Å². The minimum absolute atomic E-state index is 0.108. The topological polar surface area (TPSA) is 38.3 Å². The molecule has 0 saturated carbocycles. The normalized spacial score (nSPS) is 10.5. The van der Waals surface area contributed by atoms with Crippen LogP contribution in [0, 0.1) is 0 Å². The lowest BCUT2D eigenvalue weighted by Gasteiger charge is -2.13. The fraction of sp³-hybridized carbons (Fsp3) is 0.300. The van der Waals surface area contributed by atoms with Crippen molar-refractivity contribution in [1.29, 1.82) is 0 Å². The Balaban J connectivity index is 3.07. The molecule has 0 aliphatic heterocycles. The van der Waals surface area contributed by atoms with Gasteiger partial charge >= 0.3 is 6.43 Å². The van der Waals surface area contributed by atoms with Gasteiger partial charge in [-0.2, -0.15) is 8.78 Å². The van der Waals surface area contributed by atoms with Crippen LogP contribution in [0.25, 0.3) is 0 Å². The van der Waals surface area contributed by atoms with Crippen molar-refractivity contribution in [3.63, 3.8) is 0 Å². The number of carbonyl (C=O) groups is 1. The molecule has 0 heterocycles. The summed E-state index contributed by atoms with van der Waals surface area (Å²) in [6, 6.07) is 2.89. The molecule has 0 atom stereocenters. The largest absolute Gasteiger partial charge is 0.491 e. The highest BCUT2D eigenvalue weighted by Crippen LogP contribution is 2.36. The van der Waals surface area contributed by atoms with Crippen LogP contribution in [0.3, 0.4) is 0 Å². The summed E-state index contributed by atoms with van der Waals surface area (Å²) >= 11 is 8.94. The molecule has 1 N–H and O–H groups in total. The molecule has 1 aromatic rings. The van der Waals surface area contributed by atoms with Gasteiger partial charge < -0.3 is 10.1 Å². The van der Waals surface area contributed by atoms with Gasteiger partial charge in [-0.15, -0.1) is 0 Å². The van der Waals surface area contributed by atoms with E-state index in [0.29, 0.717) is 16.1 Å². The first-order valence-corrected chi connectivity index (χ1v) is 5.83. The Labute approximate surface area is 110 Å². The van der Waals surface area contributed by atoms with Crippen LogP contribution in [0.1, 0.15) is 6.92 Å². The van der Waals surface area contributed by atoms with Crippen molar-refractivity contribution >= 4 is 39.1 Å². The van der Waals surface area contributed by atoms with Crippen LogP contribution in [0.2, 0.25) is 5.02 Å². The number of anilines is 1. The van der Waals surface area contributed by atoms with E-state index in [1.807, 2.05) is 5.32 Å². The average Bonchev–Trinajstić information content (AvgIpc) is 2.22. The monoisotopic (exact) mass is 327 g/mol. The summed E-state index contributed by atoms with van der Waals surface area (Å²) in [5.41, 5.74) is 0.108. The minimum atomic E-state index is -3.10. The smallest absolute Gasteiger partial charge is 0.315 e. The molecule has 0 fully saturated rings. The van der Waals surface area contributed by atoms with E-state index in [1.165, 1.54) is 6.07 Å². The number of carbonyl (C=O) groups excluding carboxylic acids is 1. The van der Waals surface area contributed by atoms with Crippen LogP contribution in [0.15, 0.2) is 16.6 Å². The van der Waals surface area contributed by atoms with Gasteiger partial charge in [0.15, 0.2) is 5.75 Å². The van der Waals surface area contributed by atoms with Crippen LogP contribution in [-0.2, 0) is 4.79 Å². The standard InChI is InChI=1S/C10H9BrClF2NO2/c1-2-17-8-6(11)3-5(12)4-7(8)15-10(16)9(13)14/h3-4,9H,2H2,1H3,(H,15,16). The molecular weight excluding hydrogens is 319 g/mol. The SMILES string of the molecule is CCOc1c(Br)cc(Cl)cc1NC(=O)C(F)F. The van der Waals surface area contributed by atoms with Crippen molar-refractivity contribution in [2.24, 2.45) is 0 Å². The molecule has 1 amide bonds. The number of nitrogens with one attached hydrogen (secondary N) is 1. The molecule has 3 nitrogen and oxygen atoms in total. The molecular formula is C10H9BrClF2NO2. The molecule has 1 rings (SSSR count). The molecule has 0 spiro atoms. The molecule has 0 aliphatic carbocycles. The first kappa shape index (κ1) is 14.2. The van der Waals surface area contributed by atoms with E-state index in [9.17, 15) is 13.6 Å². The van der Waals surface area contributed by atoms with E-state index >= 15 is 0 Å². The highest BCUT2D eigenvalue weighted by atomic mass is 79.9. The van der Waals surface area contributed by atoms with E-state index in [2.05, 4.69) is 15.9 Å². The summed E-state index contributed by atoms with van der Waals surface area (Å²) in [4.78, 5) is 10.9. The zero-order valence-corrected chi connectivity index (χ0v) is 11.1. The maximum Gasteiger partial charge on any atom is 0.315 e. The Hall–Kier alpha value is -0.880. The Bertz CT molecular complexity index is 429. The lowest BCUT2D eigenvalue weighted by atomic mass is 10.3. The van der Waals surface area contributed by atoms with E-state index in [-0.39, 0.29) is 11.4 Å². The second-order valence-corrected chi connectivity index (χ2v) is 4.28. The van der Waals surface area contributed by atoms with Crippen molar-refractivity contribution in [1.82, 2.24) is 0 Å². The molecule has 94 valence electrons. The maximum atomic E-state index is 12.1. The van der Waals surface area contributed by atoms with Crippen molar-refractivity contribution in [3.05, 3.63) is 21.6 Å². The Kier molecular flexibility index (Phi) is 5.14. The highest BCUT2D eigenvalue weighted by molar-refractivity contribution is 9.10. The first-order valence-electron chi connectivity index (χ1n) is 4.66. The number of amides is 1. The molecule has 0 aromatic heterocycles. The van der Waals surface area contributed by atoms with Crippen LogP contribution < -0.4 is 10.1 Å². The summed E-state index contributed by atoms with van der Waals surface area (Å²) in [7, 11) is 0. The Morgan fingerprint density at radius 1 is 1.59 bits per heavy atom. The molecule has 0 radical (unpaired) electrons. The molecule has 0 aliphatic rings. The quantitative estimate of drug-likeness (QED) is 0.915. The van der Waals surface area contributed by atoms with Crippen LogP contribution in [0.4, 0.5) is 14.5 Å². The van der Waals surface area contributed by atoms with Gasteiger partial charge in [-0.1, -0.05) is 11.6 Å². The maximum absolute atomic E-state index is 12.1. The summed E-state index contributed by atoms with van der Waals surface area (Å²) in [5, 5.41) is 2.34. The minimum Gasteiger partial charge on any atom is -0.491 e. The molecule has 0 bridgehead atoms. The van der Waals surface area contributed by atoms with E-state index < -0.39 is 12.3 Å². The zero-order chi connectivity index (χ0) is 13.0. The van der Waals surface area contributed by atoms with Crippen molar-refractivity contribution < 1.29 is 18.3 Å². The summed E-state index contributed by atoms with van der Waals surface area (Å²) < 4.78 is 30.0. The third-order valence-electron chi connectivity index (χ3n) is 1.75. The predicted octanol–water partition coefficient (Wildman–Crippen LogP) is 3.70. The Morgan fingerprint density at radius 2 is 2.24 bits per heavy atom. The van der Waals surface area contributed by atoms with Crippen LogP contribution in [-0.4, -0.2) is 18.9 Å². The van der Waals surface area contributed by atoms with Gasteiger partial charge in [0.25, 0.3) is 5.91 Å². The second kappa shape index (κ2) is 6.16. The van der Waals surface area contributed by atoms with E-state index in [0.717, 1.165) is 0 Å². The fourth-order valence-corrected chi connectivity index (χ4v) is 2.06. The number of rotatable bonds is 4. The summed E-state index contributed by atoms with van der Waals surface area (Å²) in [6.45, 7) is 2.07. The van der Waals surface area contributed by atoms with Gasteiger partial charge in [0.05, 0.1) is 16.8 Å². The lowest BCUT2D eigenvalue weighted by molar-refractivity contribution is -0.126. The average molecular weight is 329 g/mol. The molecule has 7 heteroatoms. The van der Waals surface area contributed by atoms with E-state index in [1.54, 1.807) is 13.0 Å². The number of halogens is 4. The summed E-state index contributed by atoms with van der Waals surface area (Å²) in [6.07, 6.45) is -3.10. The van der Waals surface area contributed by atoms with Gasteiger partial charge in [-0.05, 0) is 35.0 Å². The second-order valence-electron chi connectivity index (χ2n) is 2.99. The van der Waals surface area contributed by atoms with Gasteiger partial charge in [0.2, 0.25) is 0 Å².